The van der Waals surface area contributed by atoms with Gasteiger partial charge in [0.25, 0.3) is 5.91 Å². The lowest BCUT2D eigenvalue weighted by Crippen LogP contribution is -2.34. The minimum atomic E-state index is -0.791. The predicted octanol–water partition coefficient (Wildman–Crippen LogP) is 2.08. The number of aliphatic carboxylic acids is 1. The Hall–Kier alpha value is -3.01. The molecule has 1 fully saturated rings. The molecule has 2 N–H and O–H groups in total. The minimum absolute atomic E-state index is 0.0131. The van der Waals surface area contributed by atoms with Gasteiger partial charge in [-0.1, -0.05) is 12.1 Å². The molecule has 0 aromatic heterocycles. The number of carbonyl (C=O) groups excluding carboxylic acids is 1. The monoisotopic (exact) mass is 357 g/mol. The zero-order valence-electron chi connectivity index (χ0n) is 14.9. The average molecular weight is 357 g/mol. The zero-order valence-corrected chi connectivity index (χ0v) is 14.9. The van der Waals surface area contributed by atoms with Crippen LogP contribution in [-0.4, -0.2) is 42.1 Å². The third-order valence-corrected chi connectivity index (χ3v) is 4.52. The highest BCUT2D eigenvalue weighted by atomic mass is 16.5. The number of carboxylic acids is 1. The molecule has 1 heterocycles. The molecule has 0 aliphatic carbocycles. The second kappa shape index (κ2) is 8.90. The number of likely N-dealkylation sites (tertiary alicyclic amines) is 1. The number of amides is 1. The lowest BCUT2D eigenvalue weighted by atomic mass is 9.97. The quantitative estimate of drug-likeness (QED) is 0.597. The predicted molar refractivity (Wildman–Crippen MR) is 95.2 cm³/mol. The van der Waals surface area contributed by atoms with E-state index >= 15 is 0 Å². The van der Waals surface area contributed by atoms with Crippen molar-refractivity contribution >= 4 is 11.9 Å². The average Bonchev–Trinajstić information content (AvgIpc) is 2.66. The van der Waals surface area contributed by atoms with E-state index in [0.29, 0.717) is 25.9 Å². The first-order chi connectivity index (χ1) is 12.4. The number of nitrogens with zero attached hydrogens (tertiary/aromatic N) is 2. The Morgan fingerprint density at radius 1 is 1.35 bits per heavy atom. The second-order valence-corrected chi connectivity index (χ2v) is 6.27. The number of nitrogens with one attached hydrogen (secondary N) is 1. The molecule has 1 saturated heterocycles. The Balaban J connectivity index is 1.97. The van der Waals surface area contributed by atoms with Crippen molar-refractivity contribution < 1.29 is 19.4 Å². The summed E-state index contributed by atoms with van der Waals surface area (Å²) in [6.07, 6.45) is 2.54. The summed E-state index contributed by atoms with van der Waals surface area (Å²) in [6, 6.07) is 9.01. The van der Waals surface area contributed by atoms with Gasteiger partial charge in [-0.2, -0.15) is 5.26 Å². The van der Waals surface area contributed by atoms with Crippen LogP contribution in [-0.2, 0) is 9.59 Å². The highest BCUT2D eigenvalue weighted by Crippen LogP contribution is 2.19. The molecule has 1 atom stereocenters. The first-order valence-electron chi connectivity index (χ1n) is 8.48. The number of rotatable bonds is 6. The van der Waals surface area contributed by atoms with E-state index in [1.54, 1.807) is 7.11 Å². The maximum atomic E-state index is 12.4. The molecule has 2 rings (SSSR count). The van der Waals surface area contributed by atoms with Gasteiger partial charge in [0.05, 0.1) is 19.1 Å². The number of benzene rings is 1. The Labute approximate surface area is 152 Å². The summed E-state index contributed by atoms with van der Waals surface area (Å²) in [7, 11) is 1.59. The van der Waals surface area contributed by atoms with Crippen LogP contribution >= 0.6 is 0 Å². The fraction of sp³-hybridized carbons (Fsp3) is 0.421. The molecule has 1 aliphatic heterocycles. The zero-order chi connectivity index (χ0) is 19.1. The summed E-state index contributed by atoms with van der Waals surface area (Å²) < 4.78 is 5.11. The molecular weight excluding hydrogens is 334 g/mol. The van der Waals surface area contributed by atoms with Crippen molar-refractivity contribution in [1.29, 1.82) is 5.26 Å². The van der Waals surface area contributed by atoms with Crippen molar-refractivity contribution in [2.24, 2.45) is 5.92 Å². The van der Waals surface area contributed by atoms with Gasteiger partial charge in [-0.05, 0) is 37.5 Å². The number of piperidine rings is 1. The summed E-state index contributed by atoms with van der Waals surface area (Å²) in [6.45, 7) is 2.87. The van der Waals surface area contributed by atoms with Gasteiger partial charge < -0.3 is 20.1 Å². The summed E-state index contributed by atoms with van der Waals surface area (Å²) in [4.78, 5) is 25.2. The smallest absolute Gasteiger partial charge is 0.306 e. The van der Waals surface area contributed by atoms with E-state index in [1.165, 1.54) is 6.20 Å². The van der Waals surface area contributed by atoms with Crippen molar-refractivity contribution in [1.82, 2.24) is 10.2 Å². The number of hydrogen-bond acceptors (Lipinski definition) is 5. The number of methoxy groups -OCH3 is 1. The normalized spacial score (nSPS) is 16.5. The summed E-state index contributed by atoms with van der Waals surface area (Å²) in [5, 5.41) is 21.1. The molecule has 7 nitrogen and oxygen atoms in total. The van der Waals surface area contributed by atoms with Crippen molar-refractivity contribution in [3.05, 3.63) is 41.6 Å². The Bertz CT molecular complexity index is 713. The minimum Gasteiger partial charge on any atom is -0.497 e. The van der Waals surface area contributed by atoms with Crippen molar-refractivity contribution in [2.45, 2.75) is 25.8 Å². The number of carbonyl (C=O) groups is 2. The van der Waals surface area contributed by atoms with Crippen LogP contribution in [0.15, 0.2) is 36.0 Å². The van der Waals surface area contributed by atoms with Crippen LogP contribution < -0.4 is 10.1 Å². The number of ether oxygens (including phenoxy) is 1. The summed E-state index contributed by atoms with van der Waals surface area (Å²) >= 11 is 0. The Morgan fingerprint density at radius 2 is 1.96 bits per heavy atom. The first-order valence-corrected chi connectivity index (χ1v) is 8.48. The second-order valence-electron chi connectivity index (χ2n) is 6.27. The van der Waals surface area contributed by atoms with Gasteiger partial charge >= 0.3 is 5.97 Å². The molecule has 138 valence electrons. The largest absolute Gasteiger partial charge is 0.497 e. The van der Waals surface area contributed by atoms with Crippen molar-refractivity contribution in [2.75, 3.05) is 20.2 Å². The lowest BCUT2D eigenvalue weighted by molar-refractivity contribution is -0.143. The van der Waals surface area contributed by atoms with Crippen LogP contribution in [0.4, 0.5) is 0 Å². The van der Waals surface area contributed by atoms with E-state index < -0.39 is 11.9 Å². The van der Waals surface area contributed by atoms with E-state index in [-0.39, 0.29) is 17.5 Å². The number of nitriles is 1. The summed E-state index contributed by atoms with van der Waals surface area (Å²) in [5.41, 5.74) is 0.915. The molecule has 1 amide bonds. The van der Waals surface area contributed by atoms with Gasteiger partial charge in [-0.3, -0.25) is 9.59 Å². The molecule has 7 heteroatoms. The molecule has 0 bridgehead atoms. The van der Waals surface area contributed by atoms with Crippen molar-refractivity contribution in [3.63, 3.8) is 0 Å². The molecule has 1 aromatic carbocycles. The maximum absolute atomic E-state index is 12.4. The maximum Gasteiger partial charge on any atom is 0.306 e. The molecule has 1 aliphatic rings. The fourth-order valence-electron chi connectivity index (χ4n) is 2.85. The highest BCUT2D eigenvalue weighted by Gasteiger charge is 2.24. The van der Waals surface area contributed by atoms with Crippen LogP contribution in [0.3, 0.4) is 0 Å². The molecule has 26 heavy (non-hydrogen) atoms. The summed E-state index contributed by atoms with van der Waals surface area (Å²) in [5.74, 6) is -0.861. The molecule has 1 unspecified atom stereocenters. The number of hydrogen-bond donors (Lipinski definition) is 2. The molecule has 0 saturated carbocycles. The van der Waals surface area contributed by atoms with Crippen LogP contribution in [0.1, 0.15) is 31.4 Å². The highest BCUT2D eigenvalue weighted by molar-refractivity contribution is 5.97. The lowest BCUT2D eigenvalue weighted by Gasteiger charge is -2.29. The molecular formula is C19H23N3O4. The fourth-order valence-corrected chi connectivity index (χ4v) is 2.85. The topological polar surface area (TPSA) is 103 Å². The Kier molecular flexibility index (Phi) is 6.61. The van der Waals surface area contributed by atoms with Gasteiger partial charge in [0.15, 0.2) is 0 Å². The van der Waals surface area contributed by atoms with E-state index in [4.69, 9.17) is 9.84 Å². The standard InChI is InChI=1S/C19H23N3O4/c1-13(14-3-5-17(26-2)6-4-14)21-18(23)16(11-20)12-22-9-7-15(8-10-22)19(24)25/h3-6,12-13,15H,7-10H2,1-2H3,(H,21,23)(H,24,25)/b16-12-. The van der Waals surface area contributed by atoms with Crippen molar-refractivity contribution in [3.8, 4) is 11.8 Å². The van der Waals surface area contributed by atoms with Crippen LogP contribution in [0.25, 0.3) is 0 Å². The molecule has 0 spiro atoms. The number of carboxylic acid groups (broad SMARTS) is 1. The van der Waals surface area contributed by atoms with E-state index in [0.717, 1.165) is 11.3 Å². The van der Waals surface area contributed by atoms with Crippen LogP contribution in [0.5, 0.6) is 5.75 Å². The first kappa shape index (κ1) is 19.3. The van der Waals surface area contributed by atoms with Crippen LogP contribution in [0, 0.1) is 17.2 Å². The molecule has 0 radical (unpaired) electrons. The van der Waals surface area contributed by atoms with Gasteiger partial charge in [0, 0.05) is 19.3 Å². The van der Waals surface area contributed by atoms with Crippen LogP contribution in [0.2, 0.25) is 0 Å². The van der Waals surface area contributed by atoms with Gasteiger partial charge in [-0.15, -0.1) is 0 Å². The van der Waals surface area contributed by atoms with E-state index in [9.17, 15) is 14.9 Å². The SMILES string of the molecule is COc1ccc(C(C)NC(=O)/C(C#N)=C\N2CCC(C(=O)O)CC2)cc1. The molecule has 1 aromatic rings. The van der Waals surface area contributed by atoms with Gasteiger partial charge in [-0.25, -0.2) is 0 Å². The Morgan fingerprint density at radius 3 is 2.46 bits per heavy atom. The van der Waals surface area contributed by atoms with Gasteiger partial charge in [0.2, 0.25) is 0 Å². The van der Waals surface area contributed by atoms with Gasteiger partial charge in [0.1, 0.15) is 17.4 Å². The third kappa shape index (κ3) is 4.99. The third-order valence-electron chi connectivity index (χ3n) is 4.52. The van der Waals surface area contributed by atoms with E-state index in [2.05, 4.69) is 5.32 Å². The van der Waals surface area contributed by atoms with E-state index in [1.807, 2.05) is 42.2 Å².